The molecule has 29 heavy (non-hydrogen) atoms. The normalized spacial score (nSPS) is 16.5. The molecule has 0 aliphatic carbocycles. The van der Waals surface area contributed by atoms with Crippen LogP contribution in [-0.2, 0) is 5.41 Å². The fourth-order valence-electron chi connectivity index (χ4n) is 3.87. The topological polar surface area (TPSA) is 46.4 Å². The zero-order chi connectivity index (χ0) is 20.9. The van der Waals surface area contributed by atoms with Crippen LogP contribution in [0, 0.1) is 0 Å². The van der Waals surface area contributed by atoms with E-state index in [9.17, 15) is 5.11 Å². The molecule has 0 bridgehead atoms. The second-order valence-corrected chi connectivity index (χ2v) is 8.85. The summed E-state index contributed by atoms with van der Waals surface area (Å²) in [7, 11) is 1.69. The summed E-state index contributed by atoms with van der Waals surface area (Å²) in [5, 5.41) is 10.5. The van der Waals surface area contributed by atoms with Gasteiger partial charge in [0, 0.05) is 5.69 Å². The van der Waals surface area contributed by atoms with Crippen LogP contribution in [-0.4, -0.2) is 57.7 Å². The van der Waals surface area contributed by atoms with Crippen LogP contribution in [0.4, 0.5) is 5.69 Å². The number of rotatable bonds is 7. The molecule has 3 rings (SSSR count). The van der Waals surface area contributed by atoms with Crippen LogP contribution in [0.25, 0.3) is 0 Å². The van der Waals surface area contributed by atoms with Crippen LogP contribution in [0.1, 0.15) is 26.3 Å². The zero-order valence-corrected chi connectivity index (χ0v) is 18.1. The van der Waals surface area contributed by atoms with Crippen molar-refractivity contribution in [3.63, 3.8) is 0 Å². The number of aliphatic hydroxyl groups is 1. The van der Waals surface area contributed by atoms with E-state index in [2.05, 4.69) is 43.9 Å². The van der Waals surface area contributed by atoms with Crippen LogP contribution in [0.3, 0.4) is 0 Å². The van der Waals surface area contributed by atoms with Crippen molar-refractivity contribution in [3.8, 4) is 11.5 Å². The van der Waals surface area contributed by atoms with Gasteiger partial charge in [-0.2, -0.15) is 0 Å². The lowest BCUT2D eigenvalue weighted by atomic mass is 9.86. The molecule has 1 fully saturated rings. The third kappa shape index (κ3) is 5.87. The number of anilines is 1. The van der Waals surface area contributed by atoms with Gasteiger partial charge in [-0.25, -0.2) is 0 Å². The minimum Gasteiger partial charge on any atom is -0.497 e. The molecular weight excluding hydrogens is 364 g/mol. The number of nitrogens with one attached hydrogen (secondary N) is 1. The number of hydrogen-bond donors (Lipinski definition) is 2. The number of ether oxygens (including phenoxy) is 2. The minimum absolute atomic E-state index is 0.0184. The first-order valence-electron chi connectivity index (χ1n) is 10.5. The molecule has 1 heterocycles. The van der Waals surface area contributed by atoms with Crippen LogP contribution >= 0.6 is 0 Å². The summed E-state index contributed by atoms with van der Waals surface area (Å²) in [4.78, 5) is 3.82. The van der Waals surface area contributed by atoms with Gasteiger partial charge in [0.25, 0.3) is 0 Å². The maximum Gasteiger partial charge on any atom is 0.137 e. The molecule has 2 aromatic carbocycles. The number of hydrogen-bond acceptors (Lipinski definition) is 4. The quantitative estimate of drug-likeness (QED) is 0.749. The molecular formula is C24H35N2O3+. The Hall–Kier alpha value is -2.24. The second-order valence-electron chi connectivity index (χ2n) is 8.85. The fraction of sp³-hybridized carbons (Fsp3) is 0.500. The molecule has 1 aliphatic heterocycles. The van der Waals surface area contributed by atoms with Gasteiger partial charge in [-0.05, 0) is 41.3 Å². The van der Waals surface area contributed by atoms with E-state index in [0.717, 1.165) is 37.7 Å². The molecule has 5 nitrogen and oxygen atoms in total. The molecule has 0 spiro atoms. The van der Waals surface area contributed by atoms with Gasteiger partial charge < -0.3 is 24.4 Å². The van der Waals surface area contributed by atoms with Crippen LogP contribution < -0.4 is 19.3 Å². The van der Waals surface area contributed by atoms with E-state index in [1.165, 1.54) is 16.2 Å². The molecule has 2 aromatic rings. The van der Waals surface area contributed by atoms with E-state index in [0.29, 0.717) is 13.2 Å². The lowest BCUT2D eigenvalue weighted by molar-refractivity contribution is -0.903. The standard InChI is InChI=1S/C24H34N2O3/c1-24(2,3)22-7-5-6-8-23(22)29-18-20(27)17-25-13-15-26(16-14-25)19-9-11-21(28-4)12-10-19/h5-12,20,27H,13-18H2,1-4H3/p+1/t20-/m1/s1. The van der Waals surface area contributed by atoms with E-state index >= 15 is 0 Å². The lowest BCUT2D eigenvalue weighted by Crippen LogP contribution is -3.16. The van der Waals surface area contributed by atoms with Crippen molar-refractivity contribution in [2.45, 2.75) is 32.3 Å². The van der Waals surface area contributed by atoms with Gasteiger partial charge in [-0.3, -0.25) is 0 Å². The van der Waals surface area contributed by atoms with Gasteiger partial charge in [0.2, 0.25) is 0 Å². The first kappa shape index (κ1) is 21.5. The summed E-state index contributed by atoms with van der Waals surface area (Å²) in [5.74, 6) is 1.76. The number of methoxy groups -OCH3 is 1. The summed E-state index contributed by atoms with van der Waals surface area (Å²) in [5.41, 5.74) is 2.42. The fourth-order valence-corrected chi connectivity index (χ4v) is 3.87. The molecule has 0 radical (unpaired) electrons. The Kier molecular flexibility index (Phi) is 7.04. The minimum atomic E-state index is -0.467. The smallest absolute Gasteiger partial charge is 0.137 e. The Balaban J connectivity index is 1.46. The van der Waals surface area contributed by atoms with Gasteiger partial charge in [0.15, 0.2) is 0 Å². The Morgan fingerprint density at radius 2 is 1.69 bits per heavy atom. The average molecular weight is 400 g/mol. The van der Waals surface area contributed by atoms with Gasteiger partial charge in [0.05, 0.1) is 33.3 Å². The molecule has 1 aliphatic rings. The average Bonchev–Trinajstić information content (AvgIpc) is 2.72. The third-order valence-corrected chi connectivity index (χ3v) is 5.56. The number of para-hydroxylation sites is 1. The number of quaternary nitrogens is 1. The monoisotopic (exact) mass is 399 g/mol. The summed E-state index contributed by atoms with van der Waals surface area (Å²) in [6.45, 7) is 11.6. The van der Waals surface area contributed by atoms with E-state index in [1.54, 1.807) is 7.11 Å². The number of nitrogens with zero attached hydrogens (tertiary/aromatic N) is 1. The predicted molar refractivity (Wildman–Crippen MR) is 117 cm³/mol. The van der Waals surface area contributed by atoms with Crippen molar-refractivity contribution < 1.29 is 19.5 Å². The molecule has 0 aromatic heterocycles. The highest BCUT2D eigenvalue weighted by Gasteiger charge is 2.24. The highest BCUT2D eigenvalue weighted by Crippen LogP contribution is 2.30. The Morgan fingerprint density at radius 1 is 1.03 bits per heavy atom. The first-order chi connectivity index (χ1) is 13.9. The molecule has 0 amide bonds. The van der Waals surface area contributed by atoms with Gasteiger partial charge in [-0.15, -0.1) is 0 Å². The molecule has 0 saturated carbocycles. The summed E-state index contributed by atoms with van der Waals surface area (Å²) >= 11 is 0. The highest BCUT2D eigenvalue weighted by molar-refractivity contribution is 5.49. The van der Waals surface area contributed by atoms with E-state index in [-0.39, 0.29) is 5.41 Å². The van der Waals surface area contributed by atoms with Crippen molar-refractivity contribution in [2.24, 2.45) is 0 Å². The molecule has 1 atom stereocenters. The summed E-state index contributed by atoms with van der Waals surface area (Å²) in [6, 6.07) is 16.4. The molecule has 5 heteroatoms. The van der Waals surface area contributed by atoms with Crippen LogP contribution in [0.15, 0.2) is 48.5 Å². The van der Waals surface area contributed by atoms with Crippen molar-refractivity contribution in [3.05, 3.63) is 54.1 Å². The zero-order valence-electron chi connectivity index (χ0n) is 18.1. The first-order valence-corrected chi connectivity index (χ1v) is 10.5. The maximum atomic E-state index is 10.5. The maximum absolute atomic E-state index is 10.5. The van der Waals surface area contributed by atoms with Crippen LogP contribution in [0.5, 0.6) is 11.5 Å². The molecule has 1 saturated heterocycles. The van der Waals surface area contributed by atoms with Crippen molar-refractivity contribution >= 4 is 5.69 Å². The lowest BCUT2D eigenvalue weighted by Gasteiger charge is -2.34. The highest BCUT2D eigenvalue weighted by atomic mass is 16.5. The van der Waals surface area contributed by atoms with E-state index < -0.39 is 6.10 Å². The van der Waals surface area contributed by atoms with E-state index in [1.807, 2.05) is 30.3 Å². The number of piperazine rings is 1. The SMILES string of the molecule is COc1ccc(N2CC[NH+](C[C@@H](O)COc3ccccc3C(C)(C)C)CC2)cc1. The summed E-state index contributed by atoms with van der Waals surface area (Å²) in [6.07, 6.45) is -0.467. The van der Waals surface area contributed by atoms with E-state index in [4.69, 9.17) is 9.47 Å². The van der Waals surface area contributed by atoms with Crippen molar-refractivity contribution in [2.75, 3.05) is 51.3 Å². The molecule has 158 valence electrons. The summed E-state index contributed by atoms with van der Waals surface area (Å²) < 4.78 is 11.2. The Labute approximate surface area is 174 Å². The number of aliphatic hydroxyl groups excluding tert-OH is 1. The van der Waals surface area contributed by atoms with Crippen LogP contribution in [0.2, 0.25) is 0 Å². The second kappa shape index (κ2) is 9.51. The molecule has 0 unspecified atom stereocenters. The Bertz CT molecular complexity index is 762. The number of benzene rings is 2. The van der Waals surface area contributed by atoms with Crippen molar-refractivity contribution in [1.82, 2.24) is 0 Å². The van der Waals surface area contributed by atoms with Gasteiger partial charge in [-0.1, -0.05) is 39.0 Å². The largest absolute Gasteiger partial charge is 0.497 e. The predicted octanol–water partition coefficient (Wildman–Crippen LogP) is 2.14. The Morgan fingerprint density at radius 3 is 2.31 bits per heavy atom. The van der Waals surface area contributed by atoms with Crippen molar-refractivity contribution in [1.29, 1.82) is 0 Å². The van der Waals surface area contributed by atoms with Gasteiger partial charge >= 0.3 is 0 Å². The molecule has 2 N–H and O–H groups in total. The van der Waals surface area contributed by atoms with Gasteiger partial charge in [0.1, 0.15) is 30.8 Å². The third-order valence-electron chi connectivity index (χ3n) is 5.56.